The molecule has 2 aliphatic heterocycles. The molecule has 0 atom stereocenters. The molecule has 0 radical (unpaired) electrons. The van der Waals surface area contributed by atoms with E-state index < -0.39 is 0 Å². The van der Waals surface area contributed by atoms with Crippen molar-refractivity contribution in [1.82, 2.24) is 9.80 Å². The maximum atomic E-state index is 12.3. The molecule has 1 aromatic carbocycles. The van der Waals surface area contributed by atoms with E-state index >= 15 is 0 Å². The third-order valence-corrected chi connectivity index (χ3v) is 4.28. The van der Waals surface area contributed by atoms with Gasteiger partial charge in [0.25, 0.3) is 5.91 Å². The number of amides is 1. The minimum atomic E-state index is 0.108. The van der Waals surface area contributed by atoms with Crippen molar-refractivity contribution in [3.05, 3.63) is 29.3 Å². The summed E-state index contributed by atoms with van der Waals surface area (Å²) in [7, 11) is 0. The Morgan fingerprint density at radius 2 is 1.86 bits per heavy atom. The van der Waals surface area contributed by atoms with Gasteiger partial charge in [-0.15, -0.1) is 0 Å². The summed E-state index contributed by atoms with van der Waals surface area (Å²) >= 11 is 0. The maximum Gasteiger partial charge on any atom is 0.253 e. The zero-order chi connectivity index (χ0) is 14.7. The van der Waals surface area contributed by atoms with Crippen LogP contribution >= 0.6 is 0 Å². The lowest BCUT2D eigenvalue weighted by Crippen LogP contribution is -2.35. The summed E-state index contributed by atoms with van der Waals surface area (Å²) in [6.45, 7) is 6.01. The quantitative estimate of drug-likeness (QED) is 0.853. The SMILES string of the molecule is Nc1cc(C(=O)N2CCCC2)ccc1CN1CCOCC1. The van der Waals surface area contributed by atoms with Gasteiger partial charge in [-0.3, -0.25) is 9.69 Å². The second kappa shape index (κ2) is 6.45. The van der Waals surface area contributed by atoms with E-state index in [0.29, 0.717) is 11.3 Å². The van der Waals surface area contributed by atoms with Crippen LogP contribution in [0.15, 0.2) is 18.2 Å². The summed E-state index contributed by atoms with van der Waals surface area (Å²) in [6, 6.07) is 5.73. The van der Waals surface area contributed by atoms with E-state index in [9.17, 15) is 4.79 Å². The van der Waals surface area contributed by atoms with Gasteiger partial charge in [0.15, 0.2) is 0 Å². The summed E-state index contributed by atoms with van der Waals surface area (Å²) in [6.07, 6.45) is 2.21. The van der Waals surface area contributed by atoms with Crippen molar-refractivity contribution in [3.63, 3.8) is 0 Å². The lowest BCUT2D eigenvalue weighted by atomic mass is 10.1. The van der Waals surface area contributed by atoms with Gasteiger partial charge in [0, 0.05) is 44.0 Å². The van der Waals surface area contributed by atoms with Crippen LogP contribution < -0.4 is 5.73 Å². The van der Waals surface area contributed by atoms with Crippen LogP contribution in [0.3, 0.4) is 0 Å². The second-order valence-corrected chi connectivity index (χ2v) is 5.80. The van der Waals surface area contributed by atoms with Gasteiger partial charge in [-0.2, -0.15) is 0 Å². The highest BCUT2D eigenvalue weighted by Gasteiger charge is 2.20. The molecule has 2 saturated heterocycles. The smallest absolute Gasteiger partial charge is 0.253 e. The molecular formula is C16H23N3O2. The molecule has 2 fully saturated rings. The minimum absolute atomic E-state index is 0.108. The van der Waals surface area contributed by atoms with Crippen LogP contribution in [-0.4, -0.2) is 55.1 Å². The zero-order valence-corrected chi connectivity index (χ0v) is 12.4. The third kappa shape index (κ3) is 3.36. The first-order valence-electron chi connectivity index (χ1n) is 7.72. The highest BCUT2D eigenvalue weighted by Crippen LogP contribution is 2.20. The monoisotopic (exact) mass is 289 g/mol. The number of hydrogen-bond donors (Lipinski definition) is 1. The summed E-state index contributed by atoms with van der Waals surface area (Å²) in [5.41, 5.74) is 8.66. The lowest BCUT2D eigenvalue weighted by molar-refractivity contribution is 0.0343. The fourth-order valence-electron chi connectivity index (χ4n) is 2.97. The van der Waals surface area contributed by atoms with Gasteiger partial charge in [-0.25, -0.2) is 0 Å². The van der Waals surface area contributed by atoms with Gasteiger partial charge >= 0.3 is 0 Å². The van der Waals surface area contributed by atoms with Crippen molar-refractivity contribution >= 4 is 11.6 Å². The van der Waals surface area contributed by atoms with Crippen LogP contribution in [0.4, 0.5) is 5.69 Å². The number of nitrogens with two attached hydrogens (primary N) is 1. The maximum absolute atomic E-state index is 12.3. The molecule has 2 heterocycles. The van der Waals surface area contributed by atoms with Gasteiger partial charge in [0.2, 0.25) is 0 Å². The largest absolute Gasteiger partial charge is 0.398 e. The van der Waals surface area contributed by atoms with Gasteiger partial charge in [-0.05, 0) is 30.5 Å². The fourth-order valence-corrected chi connectivity index (χ4v) is 2.97. The molecule has 3 rings (SSSR count). The van der Waals surface area contributed by atoms with Crippen molar-refractivity contribution in [2.75, 3.05) is 45.1 Å². The number of nitrogen functional groups attached to an aromatic ring is 1. The van der Waals surface area contributed by atoms with Gasteiger partial charge in [-0.1, -0.05) is 6.07 Å². The molecule has 1 aromatic rings. The molecular weight excluding hydrogens is 266 g/mol. The Morgan fingerprint density at radius 1 is 1.14 bits per heavy atom. The topological polar surface area (TPSA) is 58.8 Å². The molecule has 0 aliphatic carbocycles. The molecule has 0 spiro atoms. The number of rotatable bonds is 3. The number of morpholine rings is 1. The predicted molar refractivity (Wildman–Crippen MR) is 82.1 cm³/mol. The normalized spacial score (nSPS) is 19.9. The molecule has 1 amide bonds. The Hall–Kier alpha value is -1.59. The van der Waals surface area contributed by atoms with Crippen LogP contribution in [0, 0.1) is 0 Å². The molecule has 0 unspecified atom stereocenters. The van der Waals surface area contributed by atoms with Crippen molar-refractivity contribution in [2.45, 2.75) is 19.4 Å². The standard InChI is InChI=1S/C16H23N3O2/c17-15-11-13(16(20)19-5-1-2-6-19)3-4-14(15)12-18-7-9-21-10-8-18/h3-4,11H,1-2,5-10,12,17H2. The molecule has 2 aliphatic rings. The van der Waals surface area contributed by atoms with Gasteiger partial charge in [0.05, 0.1) is 13.2 Å². The fraction of sp³-hybridized carbons (Fsp3) is 0.562. The Balaban J connectivity index is 1.68. The number of ether oxygens (including phenoxy) is 1. The van der Waals surface area contributed by atoms with Crippen LogP contribution in [-0.2, 0) is 11.3 Å². The Labute approximate surface area is 125 Å². The number of benzene rings is 1. The van der Waals surface area contributed by atoms with Crippen molar-refractivity contribution < 1.29 is 9.53 Å². The Morgan fingerprint density at radius 3 is 2.52 bits per heavy atom. The first kappa shape index (κ1) is 14.4. The number of likely N-dealkylation sites (tertiary alicyclic amines) is 1. The highest BCUT2D eigenvalue weighted by molar-refractivity contribution is 5.95. The minimum Gasteiger partial charge on any atom is -0.398 e. The van der Waals surface area contributed by atoms with E-state index in [-0.39, 0.29) is 5.91 Å². The molecule has 0 bridgehead atoms. The summed E-state index contributed by atoms with van der Waals surface area (Å²) < 4.78 is 5.35. The Bertz CT molecular complexity index is 506. The molecule has 5 nitrogen and oxygen atoms in total. The average molecular weight is 289 g/mol. The van der Waals surface area contributed by atoms with Crippen LogP contribution in [0.2, 0.25) is 0 Å². The third-order valence-electron chi connectivity index (χ3n) is 4.28. The highest BCUT2D eigenvalue weighted by atomic mass is 16.5. The first-order valence-corrected chi connectivity index (χ1v) is 7.72. The van der Waals surface area contributed by atoms with E-state index in [1.54, 1.807) is 0 Å². The molecule has 21 heavy (non-hydrogen) atoms. The van der Waals surface area contributed by atoms with Gasteiger partial charge < -0.3 is 15.4 Å². The van der Waals surface area contributed by atoms with E-state index in [1.165, 1.54) is 0 Å². The molecule has 5 heteroatoms. The van der Waals surface area contributed by atoms with Crippen molar-refractivity contribution in [3.8, 4) is 0 Å². The summed E-state index contributed by atoms with van der Waals surface area (Å²) in [5, 5.41) is 0. The van der Waals surface area contributed by atoms with E-state index in [2.05, 4.69) is 4.90 Å². The number of nitrogens with zero attached hydrogens (tertiary/aromatic N) is 2. The molecule has 2 N–H and O–H groups in total. The summed E-state index contributed by atoms with van der Waals surface area (Å²) in [4.78, 5) is 16.6. The average Bonchev–Trinajstić information content (AvgIpc) is 3.04. The lowest BCUT2D eigenvalue weighted by Gasteiger charge is -2.27. The predicted octanol–water partition coefficient (Wildman–Crippen LogP) is 1.34. The number of carbonyl (C=O) groups excluding carboxylic acids is 1. The number of carbonyl (C=O) groups is 1. The van der Waals surface area contributed by atoms with Crippen molar-refractivity contribution in [2.24, 2.45) is 0 Å². The zero-order valence-electron chi connectivity index (χ0n) is 12.4. The molecule has 114 valence electrons. The van der Waals surface area contributed by atoms with Gasteiger partial charge in [0.1, 0.15) is 0 Å². The summed E-state index contributed by atoms with van der Waals surface area (Å²) in [5.74, 6) is 0.108. The second-order valence-electron chi connectivity index (χ2n) is 5.80. The first-order chi connectivity index (χ1) is 10.2. The molecule has 0 aromatic heterocycles. The molecule has 0 saturated carbocycles. The van der Waals surface area contributed by atoms with Crippen LogP contribution in [0.25, 0.3) is 0 Å². The van der Waals surface area contributed by atoms with Crippen LogP contribution in [0.5, 0.6) is 0 Å². The van der Waals surface area contributed by atoms with E-state index in [4.69, 9.17) is 10.5 Å². The van der Waals surface area contributed by atoms with E-state index in [0.717, 1.165) is 64.3 Å². The van der Waals surface area contributed by atoms with Crippen molar-refractivity contribution in [1.29, 1.82) is 0 Å². The number of hydrogen-bond acceptors (Lipinski definition) is 4. The van der Waals surface area contributed by atoms with E-state index in [1.807, 2.05) is 23.1 Å². The Kier molecular flexibility index (Phi) is 4.41. The van der Waals surface area contributed by atoms with Crippen LogP contribution in [0.1, 0.15) is 28.8 Å². The number of anilines is 1.